The summed E-state index contributed by atoms with van der Waals surface area (Å²) in [6.07, 6.45) is 10.6. The Morgan fingerprint density at radius 3 is 1.96 bits per heavy atom. The number of oxime groups is 1. The summed E-state index contributed by atoms with van der Waals surface area (Å²) in [7, 11) is 0. The van der Waals surface area contributed by atoms with Crippen LogP contribution in [0.15, 0.2) is 10.1 Å². The van der Waals surface area contributed by atoms with Gasteiger partial charge >= 0.3 is 0 Å². The lowest BCUT2D eigenvalue weighted by molar-refractivity contribution is 0.0567. The maximum Gasteiger partial charge on any atom is 0.228 e. The van der Waals surface area contributed by atoms with Crippen LogP contribution in [0, 0.1) is 0 Å². The average molecular weight is 345 g/mol. The van der Waals surface area contributed by atoms with Gasteiger partial charge in [-0.15, -0.1) is 0 Å². The smallest absolute Gasteiger partial charge is 0.228 e. The Bertz CT molecular complexity index is 341. The molecule has 1 unspecified atom stereocenters. The predicted octanol–water partition coefficient (Wildman–Crippen LogP) is 1.73. The van der Waals surface area contributed by atoms with E-state index in [1.807, 2.05) is 0 Å². The second-order valence-corrected chi connectivity index (χ2v) is 5.86. The molecule has 8 nitrogen and oxygen atoms in total. The molecule has 0 aliphatic rings. The van der Waals surface area contributed by atoms with Crippen molar-refractivity contribution in [1.82, 2.24) is 0 Å². The quantitative estimate of drug-likeness (QED) is 0.145. The number of rotatable bonds is 16. The fourth-order valence-corrected chi connectivity index (χ4v) is 2.22. The van der Waals surface area contributed by atoms with Crippen molar-refractivity contribution < 1.29 is 9.57 Å². The molecular weight excluding hydrogens is 308 g/mol. The summed E-state index contributed by atoms with van der Waals surface area (Å²) >= 11 is 0. The largest absolute Gasteiger partial charge is 0.381 e. The monoisotopic (exact) mass is 344 g/mol. The van der Waals surface area contributed by atoms with Crippen LogP contribution in [0.5, 0.6) is 0 Å². The highest BCUT2D eigenvalue weighted by Crippen LogP contribution is 2.11. The van der Waals surface area contributed by atoms with Crippen molar-refractivity contribution in [2.24, 2.45) is 33.1 Å². The zero-order valence-corrected chi connectivity index (χ0v) is 15.1. The Kier molecular flexibility index (Phi) is 15.0. The summed E-state index contributed by atoms with van der Waals surface area (Å²) in [4.78, 5) is 9.03. The van der Waals surface area contributed by atoms with Crippen LogP contribution in [0.1, 0.15) is 71.1 Å². The Morgan fingerprint density at radius 2 is 1.38 bits per heavy atom. The second-order valence-electron chi connectivity index (χ2n) is 5.86. The summed E-state index contributed by atoms with van der Waals surface area (Å²) < 4.78 is 5.62. The molecule has 0 radical (unpaired) electrons. The molecule has 0 aromatic rings. The van der Waals surface area contributed by atoms with Crippen molar-refractivity contribution in [2.45, 2.75) is 77.4 Å². The molecular formula is C16H36N6O2. The number of unbranched alkanes of at least 4 members (excludes halogenated alkanes) is 7. The van der Waals surface area contributed by atoms with E-state index in [0.717, 1.165) is 45.3 Å². The van der Waals surface area contributed by atoms with Gasteiger partial charge in [-0.3, -0.25) is 0 Å². The number of nitrogens with zero attached hydrogens (tertiary/aromatic N) is 2. The second kappa shape index (κ2) is 16.2. The normalized spacial score (nSPS) is 11.7. The highest BCUT2D eigenvalue weighted by Gasteiger charge is 2.08. The molecule has 0 bridgehead atoms. The first-order valence-corrected chi connectivity index (χ1v) is 8.97. The van der Waals surface area contributed by atoms with Crippen molar-refractivity contribution in [2.75, 3.05) is 13.2 Å². The van der Waals surface area contributed by atoms with Gasteiger partial charge in [0.15, 0.2) is 5.96 Å². The minimum absolute atomic E-state index is 0.0399. The van der Waals surface area contributed by atoms with Gasteiger partial charge in [-0.1, -0.05) is 45.4 Å². The number of hydrogen-bond donors (Lipinski definition) is 4. The Hall–Kier alpha value is -1.70. The molecule has 24 heavy (non-hydrogen) atoms. The van der Waals surface area contributed by atoms with Gasteiger partial charge in [-0.2, -0.15) is 0 Å². The van der Waals surface area contributed by atoms with Gasteiger partial charge in [0.2, 0.25) is 12.2 Å². The first kappa shape index (κ1) is 22.3. The lowest BCUT2D eigenvalue weighted by atomic mass is 10.1. The van der Waals surface area contributed by atoms with E-state index in [4.69, 9.17) is 32.5 Å². The van der Waals surface area contributed by atoms with Crippen molar-refractivity contribution in [3.05, 3.63) is 0 Å². The van der Waals surface area contributed by atoms with Crippen molar-refractivity contribution >= 4 is 11.9 Å². The van der Waals surface area contributed by atoms with Crippen molar-refractivity contribution in [1.29, 1.82) is 0 Å². The van der Waals surface area contributed by atoms with Gasteiger partial charge in [0.1, 0.15) is 0 Å². The molecule has 0 fully saturated rings. The Labute approximate surface area is 146 Å². The maximum absolute atomic E-state index is 5.62. The molecule has 1 atom stereocenters. The third-order valence-corrected chi connectivity index (χ3v) is 3.45. The number of ether oxygens (including phenoxy) is 1. The van der Waals surface area contributed by atoms with Crippen LogP contribution >= 0.6 is 0 Å². The maximum atomic E-state index is 5.62. The van der Waals surface area contributed by atoms with Crippen LogP contribution < -0.4 is 22.9 Å². The number of aliphatic imine (C=N–C) groups is 1. The first-order chi connectivity index (χ1) is 11.6. The standard InChI is InChI=1S/C16H36N6O2/c1-2-3-4-9-12-23-13-10-7-5-6-8-11-14(21-15(17)18)24-22-16(19)20/h14H,2-13H2,1H3,(H4,17,18,21)(H4,19,20,22). The van der Waals surface area contributed by atoms with Crippen LogP contribution in [0.4, 0.5) is 0 Å². The van der Waals surface area contributed by atoms with E-state index in [2.05, 4.69) is 17.1 Å². The van der Waals surface area contributed by atoms with Gasteiger partial charge in [0, 0.05) is 19.6 Å². The highest BCUT2D eigenvalue weighted by molar-refractivity contribution is 5.76. The summed E-state index contributed by atoms with van der Waals surface area (Å²) in [5.74, 6) is -0.192. The van der Waals surface area contributed by atoms with Crippen molar-refractivity contribution in [3.8, 4) is 0 Å². The predicted molar refractivity (Wildman–Crippen MR) is 99.2 cm³/mol. The molecule has 142 valence electrons. The molecule has 0 amide bonds. The third-order valence-electron chi connectivity index (χ3n) is 3.45. The van der Waals surface area contributed by atoms with Gasteiger partial charge in [-0.05, 0) is 24.4 Å². The number of guanidine groups is 2. The van der Waals surface area contributed by atoms with E-state index in [9.17, 15) is 0 Å². The zero-order chi connectivity index (χ0) is 18.0. The molecule has 0 rings (SSSR count). The van der Waals surface area contributed by atoms with Gasteiger partial charge < -0.3 is 32.5 Å². The van der Waals surface area contributed by atoms with E-state index in [0.29, 0.717) is 6.42 Å². The van der Waals surface area contributed by atoms with Gasteiger partial charge in [0.25, 0.3) is 0 Å². The summed E-state index contributed by atoms with van der Waals surface area (Å²) in [6, 6.07) is 0. The molecule has 0 aliphatic heterocycles. The number of nitrogens with two attached hydrogens (primary N) is 4. The van der Waals surface area contributed by atoms with E-state index < -0.39 is 6.23 Å². The molecule has 0 heterocycles. The van der Waals surface area contributed by atoms with E-state index in [1.165, 1.54) is 25.7 Å². The van der Waals surface area contributed by atoms with Gasteiger partial charge in [-0.25, -0.2) is 4.99 Å². The minimum Gasteiger partial charge on any atom is -0.381 e. The fraction of sp³-hybridized carbons (Fsp3) is 0.875. The molecule has 0 aromatic carbocycles. The summed E-state index contributed by atoms with van der Waals surface area (Å²) in [5.41, 5.74) is 21.2. The van der Waals surface area contributed by atoms with Crippen molar-refractivity contribution in [3.63, 3.8) is 0 Å². The highest BCUT2D eigenvalue weighted by atomic mass is 16.6. The van der Waals surface area contributed by atoms with Crippen LogP contribution in [-0.2, 0) is 9.57 Å². The lowest BCUT2D eigenvalue weighted by Gasteiger charge is -2.11. The van der Waals surface area contributed by atoms with E-state index in [1.54, 1.807) is 0 Å². The SMILES string of the molecule is CCCCCCOCCCCCCCC(N=C(N)N)ON=C(N)N. The lowest BCUT2D eigenvalue weighted by Crippen LogP contribution is -2.27. The molecule has 0 saturated carbocycles. The molecule has 0 saturated heterocycles. The van der Waals surface area contributed by atoms with Crippen LogP contribution in [0.25, 0.3) is 0 Å². The average Bonchev–Trinajstić information content (AvgIpc) is 2.52. The van der Waals surface area contributed by atoms with E-state index >= 15 is 0 Å². The topological polar surface area (TPSA) is 147 Å². The molecule has 8 heteroatoms. The van der Waals surface area contributed by atoms with E-state index in [-0.39, 0.29) is 11.9 Å². The van der Waals surface area contributed by atoms with Crippen LogP contribution in [-0.4, -0.2) is 31.4 Å². The minimum atomic E-state index is -0.538. The molecule has 0 aliphatic carbocycles. The third kappa shape index (κ3) is 16.7. The Balaban J connectivity index is 3.54. The molecule has 0 spiro atoms. The first-order valence-electron chi connectivity index (χ1n) is 8.97. The molecule has 8 N–H and O–H groups in total. The van der Waals surface area contributed by atoms with Crippen LogP contribution in [0.3, 0.4) is 0 Å². The zero-order valence-electron chi connectivity index (χ0n) is 15.1. The number of hydrogen-bond acceptors (Lipinski definition) is 4. The van der Waals surface area contributed by atoms with Gasteiger partial charge in [0.05, 0.1) is 0 Å². The summed E-state index contributed by atoms with van der Waals surface area (Å²) in [6.45, 7) is 3.96. The van der Waals surface area contributed by atoms with Crippen LogP contribution in [0.2, 0.25) is 0 Å². The summed E-state index contributed by atoms with van der Waals surface area (Å²) in [5, 5.41) is 3.49. The molecule has 0 aromatic heterocycles. The fourth-order valence-electron chi connectivity index (χ4n) is 2.22. The Morgan fingerprint density at radius 1 is 0.792 bits per heavy atom.